The van der Waals surface area contributed by atoms with Crippen molar-refractivity contribution in [3.8, 4) is 11.1 Å². The van der Waals surface area contributed by atoms with Gasteiger partial charge < -0.3 is 21.1 Å². The number of H-pyrrole nitrogens is 2. The predicted molar refractivity (Wildman–Crippen MR) is 200 cm³/mol. The number of rotatable bonds is 10. The fraction of sp³-hybridized carbons (Fsp3) is 0.436. The van der Waals surface area contributed by atoms with Crippen molar-refractivity contribution in [2.24, 2.45) is 17.6 Å². The second-order valence-corrected chi connectivity index (χ2v) is 14.9. The maximum absolute atomic E-state index is 14.2. The molecule has 1 fully saturated rings. The third kappa shape index (κ3) is 9.32. The van der Waals surface area contributed by atoms with E-state index >= 15 is 0 Å². The smallest absolute Gasteiger partial charge is 0.407 e. The van der Waals surface area contributed by atoms with Crippen molar-refractivity contribution in [1.82, 2.24) is 25.8 Å². The van der Waals surface area contributed by atoms with Gasteiger partial charge in [-0.2, -0.15) is 0 Å². The van der Waals surface area contributed by atoms with Gasteiger partial charge in [0.15, 0.2) is 0 Å². The van der Waals surface area contributed by atoms with E-state index in [0.717, 1.165) is 16.7 Å². The first-order chi connectivity index (χ1) is 24.6. The number of benzene rings is 2. The van der Waals surface area contributed by atoms with Crippen molar-refractivity contribution < 1.29 is 23.9 Å². The fourth-order valence-electron chi connectivity index (χ4n) is 6.52. The van der Waals surface area contributed by atoms with Crippen LogP contribution in [0.2, 0.25) is 0 Å². The molecule has 1 aliphatic carbocycles. The van der Waals surface area contributed by atoms with Crippen molar-refractivity contribution in [3.63, 3.8) is 0 Å². The molecule has 1 atom stereocenters. The first-order valence-corrected chi connectivity index (χ1v) is 17.8. The van der Waals surface area contributed by atoms with E-state index in [1.807, 2.05) is 51.1 Å². The number of carbonyl (C=O) groups is 4. The number of imide groups is 1. The molecule has 2 aromatic carbocycles. The van der Waals surface area contributed by atoms with Crippen LogP contribution in [0, 0.1) is 18.8 Å². The fourth-order valence-corrected chi connectivity index (χ4v) is 6.52. The lowest BCUT2D eigenvalue weighted by molar-refractivity contribution is -0.130. The van der Waals surface area contributed by atoms with Crippen molar-refractivity contribution >= 4 is 40.4 Å². The Morgan fingerprint density at radius 2 is 1.67 bits per heavy atom. The lowest BCUT2D eigenvalue weighted by Gasteiger charge is -2.32. The van der Waals surface area contributed by atoms with Crippen molar-refractivity contribution in [2.75, 3.05) is 11.4 Å². The van der Waals surface area contributed by atoms with E-state index in [-0.39, 0.29) is 35.8 Å². The van der Waals surface area contributed by atoms with Crippen LogP contribution >= 0.6 is 0 Å². The molecule has 276 valence electrons. The largest absolute Gasteiger partial charge is 0.444 e. The van der Waals surface area contributed by atoms with Crippen LogP contribution in [0.1, 0.15) is 82.0 Å². The summed E-state index contributed by atoms with van der Waals surface area (Å²) in [5.74, 6) is -1.37. The van der Waals surface area contributed by atoms with Crippen LogP contribution < -0.4 is 26.8 Å². The van der Waals surface area contributed by atoms with Gasteiger partial charge >= 0.3 is 6.09 Å². The van der Waals surface area contributed by atoms with Gasteiger partial charge in [0, 0.05) is 29.8 Å². The summed E-state index contributed by atoms with van der Waals surface area (Å²) in [6.45, 7) is 11.5. The number of pyridine rings is 1. The third-order valence-corrected chi connectivity index (χ3v) is 9.16. The SMILES string of the molecule is Cc1nc(C(=O)NC(C)C)ccc1-c1ccc(C[C@H](N)C(=O)N(c2ccc3c(=O)[nH][nH]c3c2)C(=O)[C@H]2CC[C@H](CNC(=O)OC(C)(C)C)CC2)cc1. The molecule has 6 N–H and O–H groups in total. The molecule has 2 aromatic heterocycles. The topological polar surface area (TPSA) is 192 Å². The number of alkyl carbamates (subject to hydrolysis) is 1. The summed E-state index contributed by atoms with van der Waals surface area (Å²) in [5.41, 5.74) is 10.1. The average molecular weight is 712 g/mol. The molecule has 13 nitrogen and oxygen atoms in total. The second kappa shape index (κ2) is 15.9. The number of nitrogens with two attached hydrogens (primary N) is 1. The number of hydrogen-bond acceptors (Lipinski definition) is 8. The molecule has 1 aliphatic rings. The van der Waals surface area contributed by atoms with Crippen LogP contribution in [0.5, 0.6) is 0 Å². The number of anilines is 1. The molecule has 4 aromatic rings. The number of nitrogens with one attached hydrogen (secondary N) is 4. The summed E-state index contributed by atoms with van der Waals surface area (Å²) in [5, 5.41) is 11.4. The highest BCUT2D eigenvalue weighted by Crippen LogP contribution is 2.32. The average Bonchev–Trinajstić information content (AvgIpc) is 3.46. The second-order valence-electron chi connectivity index (χ2n) is 14.9. The summed E-state index contributed by atoms with van der Waals surface area (Å²) < 4.78 is 5.34. The Morgan fingerprint density at radius 3 is 2.31 bits per heavy atom. The van der Waals surface area contributed by atoms with Gasteiger partial charge in [-0.15, -0.1) is 0 Å². The summed E-state index contributed by atoms with van der Waals surface area (Å²) in [4.78, 5) is 70.7. The minimum Gasteiger partial charge on any atom is -0.444 e. The van der Waals surface area contributed by atoms with Gasteiger partial charge in [0.1, 0.15) is 11.3 Å². The summed E-state index contributed by atoms with van der Waals surface area (Å²) in [6, 6.07) is 14.9. The maximum atomic E-state index is 14.2. The first kappa shape index (κ1) is 37.9. The van der Waals surface area contributed by atoms with Gasteiger partial charge in [-0.3, -0.25) is 29.4 Å². The van der Waals surface area contributed by atoms with Gasteiger partial charge in [-0.1, -0.05) is 30.3 Å². The Balaban J connectivity index is 1.29. The Hall–Kier alpha value is -5.30. The molecular weight excluding hydrogens is 662 g/mol. The van der Waals surface area contributed by atoms with Crippen LogP contribution in [0.4, 0.5) is 10.5 Å². The number of amides is 4. The minimum absolute atomic E-state index is 0.0000543. The van der Waals surface area contributed by atoms with Gasteiger partial charge in [0.25, 0.3) is 17.4 Å². The number of aryl methyl sites for hydroxylation is 1. The number of nitrogens with zero attached hydrogens (tertiary/aromatic N) is 2. The molecule has 5 rings (SSSR count). The van der Waals surface area contributed by atoms with Crippen molar-refractivity contribution in [1.29, 1.82) is 0 Å². The van der Waals surface area contributed by atoms with E-state index < -0.39 is 29.6 Å². The lowest BCUT2D eigenvalue weighted by Crippen LogP contribution is -2.50. The minimum atomic E-state index is -1.03. The van der Waals surface area contributed by atoms with E-state index in [1.165, 1.54) is 4.90 Å². The lowest BCUT2D eigenvalue weighted by atomic mass is 9.81. The molecule has 52 heavy (non-hydrogen) atoms. The van der Waals surface area contributed by atoms with E-state index in [9.17, 15) is 24.0 Å². The van der Waals surface area contributed by atoms with Gasteiger partial charge in [0.05, 0.1) is 22.6 Å². The Labute approximate surface area is 303 Å². The van der Waals surface area contributed by atoms with Crippen molar-refractivity contribution in [3.05, 3.63) is 81.9 Å². The first-order valence-electron chi connectivity index (χ1n) is 17.8. The van der Waals surface area contributed by atoms with Crippen molar-refractivity contribution in [2.45, 2.75) is 91.3 Å². The normalized spacial score (nSPS) is 16.7. The maximum Gasteiger partial charge on any atom is 0.407 e. The number of fused-ring (bicyclic) bond motifs is 1. The Kier molecular flexibility index (Phi) is 11.6. The highest BCUT2D eigenvalue weighted by Gasteiger charge is 2.36. The Bertz CT molecular complexity index is 1980. The summed E-state index contributed by atoms with van der Waals surface area (Å²) >= 11 is 0. The van der Waals surface area contributed by atoms with E-state index in [1.54, 1.807) is 45.0 Å². The molecule has 13 heteroatoms. The van der Waals surface area contributed by atoms with Crippen LogP contribution in [0.3, 0.4) is 0 Å². The highest BCUT2D eigenvalue weighted by molar-refractivity contribution is 6.17. The van der Waals surface area contributed by atoms with Crippen LogP contribution in [0.25, 0.3) is 22.0 Å². The molecule has 0 aliphatic heterocycles. The molecule has 4 amide bonds. The molecule has 0 radical (unpaired) electrons. The molecule has 0 saturated heterocycles. The van der Waals surface area contributed by atoms with Gasteiger partial charge in [-0.25, -0.2) is 14.7 Å². The van der Waals surface area contributed by atoms with Gasteiger partial charge in [0.2, 0.25) is 5.91 Å². The molecule has 2 heterocycles. The number of carbonyl (C=O) groups excluding carboxylic acids is 4. The van der Waals surface area contributed by atoms with E-state index in [0.29, 0.717) is 60.2 Å². The monoisotopic (exact) mass is 711 g/mol. The quantitative estimate of drug-likeness (QED) is 0.150. The molecule has 1 saturated carbocycles. The molecule has 0 spiro atoms. The summed E-state index contributed by atoms with van der Waals surface area (Å²) in [6.07, 6.45) is 2.18. The van der Waals surface area contributed by atoms with E-state index in [4.69, 9.17) is 10.5 Å². The third-order valence-electron chi connectivity index (χ3n) is 9.16. The highest BCUT2D eigenvalue weighted by atomic mass is 16.6. The number of aromatic nitrogens is 3. The van der Waals surface area contributed by atoms with Gasteiger partial charge in [-0.05, 0) is 115 Å². The Morgan fingerprint density at radius 1 is 0.981 bits per heavy atom. The molecule has 0 unspecified atom stereocenters. The van der Waals surface area contributed by atoms with E-state index in [2.05, 4.69) is 25.8 Å². The van der Waals surface area contributed by atoms with Crippen LogP contribution in [-0.2, 0) is 20.7 Å². The number of hydrogen-bond donors (Lipinski definition) is 5. The summed E-state index contributed by atoms with van der Waals surface area (Å²) in [7, 11) is 0. The molecular formula is C39H49N7O6. The standard InChI is InChI=1S/C39H49N7O6/c1-22(2)42-35(48)32-18-17-29(23(3)43-32)26-11-7-24(8-12-26)19-31(40)37(50)46(28-15-16-30-33(20-28)44-45-34(30)47)36(49)27-13-9-25(10-14-27)21-41-38(51)52-39(4,5)6/h7-8,11-12,15-18,20,22,25,27,31H,9-10,13-14,19,21,40H2,1-6H3,(H,41,51)(H,42,48)(H2,44,45,47)/t25-,27-,31-/m0/s1. The van der Waals surface area contributed by atoms with Crippen LogP contribution in [-0.4, -0.2) is 63.2 Å². The van der Waals surface area contributed by atoms with Crippen LogP contribution in [0.15, 0.2) is 59.4 Å². The zero-order valence-corrected chi connectivity index (χ0v) is 30.7. The molecule has 0 bridgehead atoms. The zero-order valence-electron chi connectivity index (χ0n) is 30.7. The number of ether oxygens (including phenoxy) is 1. The number of aromatic amines is 2. The predicted octanol–water partition coefficient (Wildman–Crippen LogP) is 5.13. The zero-order chi connectivity index (χ0) is 37.7.